The molecule has 1 fully saturated rings. The van der Waals surface area contributed by atoms with Gasteiger partial charge in [-0.15, -0.1) is 0 Å². The first-order chi connectivity index (χ1) is 18.2. The minimum Gasteiger partial charge on any atom is -0.486 e. The summed E-state index contributed by atoms with van der Waals surface area (Å²) in [5, 5.41) is 23.5. The number of carbonyl (C=O) groups excluding carboxylic acids is 1. The summed E-state index contributed by atoms with van der Waals surface area (Å²) in [6.45, 7) is 5.96. The van der Waals surface area contributed by atoms with E-state index < -0.39 is 5.60 Å². The number of aromatic nitrogens is 6. The van der Waals surface area contributed by atoms with Gasteiger partial charge in [0, 0.05) is 53.2 Å². The number of halogens is 1. The first kappa shape index (κ1) is 24.3. The van der Waals surface area contributed by atoms with Gasteiger partial charge in [0.2, 0.25) is 0 Å². The minimum atomic E-state index is -1.38. The number of ether oxygens (including phenoxy) is 1. The highest BCUT2D eigenvalue weighted by molar-refractivity contribution is 6.31. The van der Waals surface area contributed by atoms with Crippen LogP contribution in [-0.4, -0.2) is 64.5 Å². The van der Waals surface area contributed by atoms with Crippen LogP contribution in [0.2, 0.25) is 5.02 Å². The van der Waals surface area contributed by atoms with Crippen molar-refractivity contribution in [3.8, 4) is 17.0 Å². The molecule has 1 atom stereocenters. The number of fused-ring (bicyclic) bond motifs is 2. The van der Waals surface area contributed by atoms with Crippen LogP contribution in [0.15, 0.2) is 55.1 Å². The molecule has 2 aromatic carbocycles. The summed E-state index contributed by atoms with van der Waals surface area (Å²) in [4.78, 5) is 22.7. The van der Waals surface area contributed by atoms with Crippen molar-refractivity contribution in [2.24, 2.45) is 0 Å². The van der Waals surface area contributed by atoms with Gasteiger partial charge in [0.05, 0.1) is 28.8 Å². The van der Waals surface area contributed by atoms with Crippen LogP contribution in [0.3, 0.4) is 0 Å². The number of carbonyl (C=O) groups is 1. The normalized spacial score (nSPS) is 15.1. The fraction of sp³-hybridized carbons (Fsp3) is 0.296. The van der Waals surface area contributed by atoms with Crippen LogP contribution in [0.5, 0.6) is 5.75 Å². The standard InChI is InChI=1S/C27H26ClN7O3/c1-15(20-8-17(28)9-23-25(20)30-7-6-29-23)38-19-4-5-22-21(10-19)24(33-32-22)16-11-31-35(12-16)18-13-34(14-18)26(36)27(2,3)37/h4-12,15,18,37H,13-14H2,1-3H3,(H,32,33). The monoisotopic (exact) mass is 531 g/mol. The van der Waals surface area contributed by atoms with E-state index in [2.05, 4.69) is 25.3 Å². The summed E-state index contributed by atoms with van der Waals surface area (Å²) in [7, 11) is 0. The van der Waals surface area contributed by atoms with Gasteiger partial charge in [-0.3, -0.25) is 24.5 Å². The first-order valence-corrected chi connectivity index (χ1v) is 12.7. The van der Waals surface area contributed by atoms with E-state index in [1.165, 1.54) is 13.8 Å². The predicted octanol–water partition coefficient (Wildman–Crippen LogP) is 4.32. The van der Waals surface area contributed by atoms with Gasteiger partial charge in [-0.05, 0) is 51.1 Å². The molecule has 1 unspecified atom stereocenters. The molecule has 1 saturated heterocycles. The number of rotatable bonds is 6. The van der Waals surface area contributed by atoms with Crippen molar-refractivity contribution in [3.63, 3.8) is 0 Å². The molecule has 10 nitrogen and oxygen atoms in total. The van der Waals surface area contributed by atoms with Crippen LogP contribution in [0.4, 0.5) is 0 Å². The highest BCUT2D eigenvalue weighted by Gasteiger charge is 2.38. The zero-order valence-electron chi connectivity index (χ0n) is 21.1. The molecular formula is C27H26ClN7O3. The number of benzene rings is 2. The third-order valence-electron chi connectivity index (χ3n) is 6.78. The number of nitrogens with zero attached hydrogens (tertiary/aromatic N) is 6. The summed E-state index contributed by atoms with van der Waals surface area (Å²) in [5.41, 5.74) is 3.43. The Morgan fingerprint density at radius 1 is 1.21 bits per heavy atom. The van der Waals surface area contributed by atoms with Crippen LogP contribution >= 0.6 is 11.6 Å². The maximum Gasteiger partial charge on any atom is 0.254 e. The maximum absolute atomic E-state index is 12.2. The SMILES string of the molecule is CC(Oc1ccc2[nH]nc(-c3cnn(C4CN(C(=O)C(C)(C)O)C4)c3)c2c1)c1cc(Cl)cc2nccnc12. The molecule has 38 heavy (non-hydrogen) atoms. The molecule has 1 aliphatic rings. The average molecular weight is 532 g/mol. The number of H-pyrrole nitrogens is 1. The zero-order valence-corrected chi connectivity index (χ0v) is 21.8. The number of likely N-dealkylation sites (tertiary alicyclic amines) is 1. The topological polar surface area (TPSA) is 122 Å². The molecule has 0 spiro atoms. The van der Waals surface area contributed by atoms with Crippen molar-refractivity contribution in [1.29, 1.82) is 0 Å². The Morgan fingerprint density at radius 2 is 2.00 bits per heavy atom. The molecule has 0 saturated carbocycles. The molecular weight excluding hydrogens is 506 g/mol. The summed E-state index contributed by atoms with van der Waals surface area (Å²) in [5.74, 6) is 0.399. The van der Waals surface area contributed by atoms with Crippen molar-refractivity contribution in [2.75, 3.05) is 13.1 Å². The molecule has 2 N–H and O–H groups in total. The molecule has 0 bridgehead atoms. The predicted molar refractivity (Wildman–Crippen MR) is 143 cm³/mol. The Labute approximate surface area is 223 Å². The van der Waals surface area contributed by atoms with Crippen molar-refractivity contribution >= 4 is 39.4 Å². The van der Waals surface area contributed by atoms with Gasteiger partial charge in [-0.2, -0.15) is 10.2 Å². The Bertz CT molecular complexity index is 1670. The van der Waals surface area contributed by atoms with Gasteiger partial charge in [0.25, 0.3) is 5.91 Å². The van der Waals surface area contributed by atoms with Gasteiger partial charge in [-0.25, -0.2) is 0 Å². The van der Waals surface area contributed by atoms with Crippen LogP contribution in [0, 0.1) is 0 Å². The second-order valence-corrected chi connectivity index (χ2v) is 10.5. The lowest BCUT2D eigenvalue weighted by Gasteiger charge is -2.41. The summed E-state index contributed by atoms with van der Waals surface area (Å²) in [6.07, 6.45) is 6.67. The lowest BCUT2D eigenvalue weighted by molar-refractivity contribution is -0.154. The van der Waals surface area contributed by atoms with E-state index in [-0.39, 0.29) is 18.1 Å². The van der Waals surface area contributed by atoms with Gasteiger partial charge in [0.1, 0.15) is 23.1 Å². The van der Waals surface area contributed by atoms with Crippen molar-refractivity contribution in [2.45, 2.75) is 38.5 Å². The third-order valence-corrected chi connectivity index (χ3v) is 6.99. The molecule has 1 aliphatic heterocycles. The first-order valence-electron chi connectivity index (χ1n) is 12.3. The molecule has 0 radical (unpaired) electrons. The van der Waals surface area contributed by atoms with Crippen molar-refractivity contribution in [1.82, 2.24) is 34.8 Å². The molecule has 0 aliphatic carbocycles. The van der Waals surface area contributed by atoms with E-state index in [1.54, 1.807) is 29.6 Å². The largest absolute Gasteiger partial charge is 0.486 e. The number of aliphatic hydroxyl groups is 1. The summed E-state index contributed by atoms with van der Waals surface area (Å²) in [6, 6.07) is 9.47. The van der Waals surface area contributed by atoms with E-state index in [4.69, 9.17) is 16.3 Å². The van der Waals surface area contributed by atoms with Crippen LogP contribution in [-0.2, 0) is 4.79 Å². The quantitative estimate of drug-likeness (QED) is 0.334. The lowest BCUT2D eigenvalue weighted by Crippen LogP contribution is -2.56. The number of aromatic amines is 1. The van der Waals surface area contributed by atoms with Crippen molar-refractivity contribution in [3.05, 3.63) is 65.7 Å². The molecule has 1 amide bonds. The van der Waals surface area contributed by atoms with Gasteiger partial charge in [-0.1, -0.05) is 11.6 Å². The molecule has 3 aromatic heterocycles. The fourth-order valence-electron chi connectivity index (χ4n) is 4.77. The zero-order chi connectivity index (χ0) is 26.6. The second kappa shape index (κ2) is 9.07. The van der Waals surface area contributed by atoms with Crippen LogP contribution < -0.4 is 4.74 Å². The number of amides is 1. The molecule has 6 rings (SSSR count). The van der Waals surface area contributed by atoms with E-state index in [0.717, 1.165) is 33.2 Å². The average Bonchev–Trinajstić information content (AvgIpc) is 3.49. The Morgan fingerprint density at radius 3 is 2.79 bits per heavy atom. The molecule has 194 valence electrons. The summed E-state index contributed by atoms with van der Waals surface area (Å²) >= 11 is 6.33. The van der Waals surface area contributed by atoms with Crippen LogP contribution in [0.1, 0.15) is 38.5 Å². The summed E-state index contributed by atoms with van der Waals surface area (Å²) < 4.78 is 8.16. The Kier molecular flexibility index (Phi) is 5.81. The van der Waals surface area contributed by atoms with E-state index >= 15 is 0 Å². The van der Waals surface area contributed by atoms with Gasteiger partial charge < -0.3 is 14.7 Å². The van der Waals surface area contributed by atoms with Gasteiger partial charge in [0.15, 0.2) is 0 Å². The van der Waals surface area contributed by atoms with Crippen LogP contribution in [0.25, 0.3) is 33.2 Å². The Hall–Kier alpha value is -4.02. The highest BCUT2D eigenvalue weighted by atomic mass is 35.5. The Balaban J connectivity index is 1.23. The number of nitrogens with one attached hydrogen (secondary N) is 1. The van der Waals surface area contributed by atoms with E-state index in [0.29, 0.717) is 29.4 Å². The van der Waals surface area contributed by atoms with Crippen molar-refractivity contribution < 1.29 is 14.6 Å². The second-order valence-electron chi connectivity index (χ2n) is 10.1. The number of hydrogen-bond acceptors (Lipinski definition) is 7. The van der Waals surface area contributed by atoms with E-state index in [1.807, 2.05) is 42.1 Å². The highest BCUT2D eigenvalue weighted by Crippen LogP contribution is 2.34. The fourth-order valence-corrected chi connectivity index (χ4v) is 4.99. The molecule has 5 aromatic rings. The van der Waals surface area contributed by atoms with Gasteiger partial charge >= 0.3 is 0 Å². The molecule has 4 heterocycles. The molecule has 11 heteroatoms. The minimum absolute atomic E-state index is 0.0515. The smallest absolute Gasteiger partial charge is 0.254 e. The maximum atomic E-state index is 12.2. The lowest BCUT2D eigenvalue weighted by atomic mass is 10.0. The number of hydrogen-bond donors (Lipinski definition) is 2. The third kappa shape index (κ3) is 4.35. The van der Waals surface area contributed by atoms with E-state index in [9.17, 15) is 9.90 Å².